The maximum absolute atomic E-state index is 13.2. The molecule has 2 N–H and O–H groups in total. The molecular weight excluding hydrogens is 407 g/mol. The molecule has 1 amide bonds. The van der Waals surface area contributed by atoms with Gasteiger partial charge in [0.2, 0.25) is 11.1 Å². The lowest BCUT2D eigenvalue weighted by molar-refractivity contribution is -0.113. The van der Waals surface area contributed by atoms with Crippen LogP contribution >= 0.6 is 11.8 Å². The Kier molecular flexibility index (Phi) is 5.32. The van der Waals surface area contributed by atoms with Gasteiger partial charge in [0.25, 0.3) is 11.3 Å². The third-order valence-corrected chi connectivity index (χ3v) is 5.28. The van der Waals surface area contributed by atoms with E-state index in [9.17, 15) is 14.0 Å². The third-order valence-electron chi connectivity index (χ3n) is 4.36. The van der Waals surface area contributed by atoms with Crippen LogP contribution in [0, 0.1) is 19.7 Å². The zero-order valence-corrected chi connectivity index (χ0v) is 17.0. The van der Waals surface area contributed by atoms with Crippen molar-refractivity contribution < 1.29 is 9.18 Å². The van der Waals surface area contributed by atoms with E-state index in [0.29, 0.717) is 10.7 Å². The fourth-order valence-corrected chi connectivity index (χ4v) is 3.58. The number of carbonyl (C=O) groups excluding carboxylic acids is 1. The molecule has 0 spiro atoms. The van der Waals surface area contributed by atoms with E-state index in [1.54, 1.807) is 0 Å². The molecule has 4 rings (SSSR count). The number of halogens is 1. The fourth-order valence-electron chi connectivity index (χ4n) is 2.90. The summed E-state index contributed by atoms with van der Waals surface area (Å²) < 4.78 is 14.5. The molecule has 0 fully saturated rings. The summed E-state index contributed by atoms with van der Waals surface area (Å²) in [7, 11) is 0. The lowest BCUT2D eigenvalue weighted by Gasteiger charge is -2.08. The smallest absolute Gasteiger partial charge is 0.279 e. The molecule has 4 aromatic rings. The van der Waals surface area contributed by atoms with Crippen LogP contribution in [-0.2, 0) is 4.79 Å². The molecule has 30 heavy (non-hydrogen) atoms. The number of aromatic nitrogens is 5. The van der Waals surface area contributed by atoms with Crippen molar-refractivity contribution in [2.75, 3.05) is 11.1 Å². The minimum absolute atomic E-state index is 0.0841. The maximum atomic E-state index is 13.2. The summed E-state index contributed by atoms with van der Waals surface area (Å²) in [4.78, 5) is 27.2. The van der Waals surface area contributed by atoms with Gasteiger partial charge in [0.1, 0.15) is 5.82 Å². The SMILES string of the molecule is Cc1ccc(NC(=O)CSc2nnc3[nH]c(=O)c(-c4ccc(F)cc4)nn23)c(C)c1. The van der Waals surface area contributed by atoms with E-state index >= 15 is 0 Å². The molecule has 0 saturated heterocycles. The third kappa shape index (κ3) is 4.08. The monoisotopic (exact) mass is 424 g/mol. The average Bonchev–Trinajstić information content (AvgIpc) is 3.10. The second-order valence-corrected chi connectivity index (χ2v) is 7.63. The normalized spacial score (nSPS) is 11.0. The van der Waals surface area contributed by atoms with E-state index in [1.165, 1.54) is 28.8 Å². The van der Waals surface area contributed by atoms with Crippen molar-refractivity contribution >= 4 is 29.1 Å². The molecule has 10 heteroatoms. The van der Waals surface area contributed by atoms with Gasteiger partial charge < -0.3 is 5.32 Å². The van der Waals surface area contributed by atoms with E-state index in [1.807, 2.05) is 32.0 Å². The van der Waals surface area contributed by atoms with Gasteiger partial charge in [-0.3, -0.25) is 14.6 Å². The van der Waals surface area contributed by atoms with Crippen molar-refractivity contribution in [1.29, 1.82) is 0 Å². The molecule has 0 unspecified atom stereocenters. The fraction of sp³-hybridized carbons (Fsp3) is 0.150. The zero-order chi connectivity index (χ0) is 21.3. The van der Waals surface area contributed by atoms with Crippen molar-refractivity contribution in [2.45, 2.75) is 19.0 Å². The maximum Gasteiger partial charge on any atom is 0.279 e. The Morgan fingerprint density at radius 1 is 1.17 bits per heavy atom. The van der Waals surface area contributed by atoms with Gasteiger partial charge in [-0.1, -0.05) is 29.5 Å². The molecule has 152 valence electrons. The molecule has 0 bridgehead atoms. The molecule has 8 nitrogen and oxygen atoms in total. The van der Waals surface area contributed by atoms with Gasteiger partial charge in [-0.2, -0.15) is 9.61 Å². The minimum atomic E-state index is -0.467. The Balaban J connectivity index is 1.54. The number of hydrogen-bond acceptors (Lipinski definition) is 6. The number of hydrogen-bond donors (Lipinski definition) is 2. The largest absolute Gasteiger partial charge is 0.325 e. The standard InChI is InChI=1S/C20H17FN6O2S/c1-11-3-8-15(12(2)9-11)22-16(28)10-30-20-25-24-19-23-18(29)17(26-27(19)20)13-4-6-14(21)7-5-13/h3-9H,10H2,1-2H3,(H,22,28)(H,23,24,29). The number of nitrogens with zero attached hydrogens (tertiary/aromatic N) is 4. The number of H-pyrrole nitrogens is 1. The number of thioether (sulfide) groups is 1. The Morgan fingerprint density at radius 2 is 1.93 bits per heavy atom. The van der Waals surface area contributed by atoms with Crippen LogP contribution in [0.25, 0.3) is 17.0 Å². The first kappa shape index (κ1) is 19.8. The summed E-state index contributed by atoms with van der Waals surface area (Å²) in [5.74, 6) is -0.373. The van der Waals surface area contributed by atoms with E-state index in [4.69, 9.17) is 0 Å². The van der Waals surface area contributed by atoms with Crippen LogP contribution in [0.4, 0.5) is 10.1 Å². The quantitative estimate of drug-likeness (QED) is 0.477. The number of carbonyl (C=O) groups is 1. The summed E-state index contributed by atoms with van der Waals surface area (Å²) in [6.07, 6.45) is 0. The number of aryl methyl sites for hydroxylation is 2. The molecule has 0 radical (unpaired) electrons. The highest BCUT2D eigenvalue weighted by atomic mass is 32.2. The summed E-state index contributed by atoms with van der Waals surface area (Å²) in [6, 6.07) is 11.2. The summed E-state index contributed by atoms with van der Waals surface area (Å²) in [6.45, 7) is 3.92. The Hall–Kier alpha value is -3.53. The molecule has 0 atom stereocenters. The topological polar surface area (TPSA) is 105 Å². The van der Waals surface area contributed by atoms with Crippen LogP contribution in [0.1, 0.15) is 11.1 Å². The van der Waals surface area contributed by atoms with Crippen molar-refractivity contribution in [3.63, 3.8) is 0 Å². The predicted octanol–water partition coefficient (Wildman–Crippen LogP) is 2.97. The minimum Gasteiger partial charge on any atom is -0.325 e. The van der Waals surface area contributed by atoms with Crippen LogP contribution in [0.3, 0.4) is 0 Å². The van der Waals surface area contributed by atoms with Crippen LogP contribution in [-0.4, -0.2) is 36.5 Å². The van der Waals surface area contributed by atoms with Gasteiger partial charge in [0, 0.05) is 11.3 Å². The van der Waals surface area contributed by atoms with Crippen molar-refractivity contribution in [2.24, 2.45) is 0 Å². The van der Waals surface area contributed by atoms with Crippen LogP contribution in [0.2, 0.25) is 0 Å². The Bertz CT molecular complexity index is 1300. The van der Waals surface area contributed by atoms with Gasteiger partial charge in [-0.25, -0.2) is 4.39 Å². The predicted molar refractivity (Wildman–Crippen MR) is 112 cm³/mol. The summed E-state index contributed by atoms with van der Waals surface area (Å²) >= 11 is 1.14. The Morgan fingerprint density at radius 3 is 2.67 bits per heavy atom. The Labute approximate surface area is 174 Å². The molecule has 2 heterocycles. The molecule has 0 aliphatic heterocycles. The molecule has 0 aliphatic carbocycles. The number of anilines is 1. The number of fused-ring (bicyclic) bond motifs is 1. The van der Waals surface area contributed by atoms with Gasteiger partial charge in [-0.05, 0) is 49.7 Å². The van der Waals surface area contributed by atoms with Crippen molar-refractivity contribution in [1.82, 2.24) is 24.8 Å². The molecule has 0 saturated carbocycles. The highest BCUT2D eigenvalue weighted by Crippen LogP contribution is 2.20. The van der Waals surface area contributed by atoms with Crippen LogP contribution < -0.4 is 10.9 Å². The summed E-state index contributed by atoms with van der Waals surface area (Å²) in [5.41, 5.74) is 2.93. The molecule has 2 aromatic heterocycles. The van der Waals surface area contributed by atoms with E-state index in [-0.39, 0.29) is 23.1 Å². The number of benzene rings is 2. The number of amides is 1. The first-order chi connectivity index (χ1) is 14.4. The second-order valence-electron chi connectivity index (χ2n) is 6.68. The first-order valence-corrected chi connectivity index (χ1v) is 10.0. The molecule has 2 aromatic carbocycles. The van der Waals surface area contributed by atoms with Crippen LogP contribution in [0.5, 0.6) is 0 Å². The lowest BCUT2D eigenvalue weighted by atomic mass is 10.1. The number of nitrogens with one attached hydrogen (secondary N) is 2. The highest BCUT2D eigenvalue weighted by molar-refractivity contribution is 7.99. The van der Waals surface area contributed by atoms with Gasteiger partial charge in [-0.15, -0.1) is 10.2 Å². The lowest BCUT2D eigenvalue weighted by Crippen LogP contribution is -2.17. The highest BCUT2D eigenvalue weighted by Gasteiger charge is 2.15. The zero-order valence-electron chi connectivity index (χ0n) is 16.1. The number of rotatable bonds is 5. The van der Waals surface area contributed by atoms with E-state index < -0.39 is 11.4 Å². The van der Waals surface area contributed by atoms with Gasteiger partial charge >= 0.3 is 0 Å². The number of aromatic amines is 1. The molecular formula is C20H17FN6O2S. The van der Waals surface area contributed by atoms with Gasteiger partial charge in [0.05, 0.1) is 5.75 Å². The average molecular weight is 424 g/mol. The van der Waals surface area contributed by atoms with Crippen molar-refractivity contribution in [3.05, 3.63) is 69.8 Å². The molecule has 0 aliphatic rings. The van der Waals surface area contributed by atoms with Crippen LogP contribution in [0.15, 0.2) is 52.4 Å². The van der Waals surface area contributed by atoms with Crippen molar-refractivity contribution in [3.8, 4) is 11.3 Å². The second kappa shape index (κ2) is 8.07. The van der Waals surface area contributed by atoms with E-state index in [0.717, 1.165) is 28.6 Å². The van der Waals surface area contributed by atoms with Gasteiger partial charge in [0.15, 0.2) is 5.69 Å². The first-order valence-electron chi connectivity index (χ1n) is 9.02. The summed E-state index contributed by atoms with van der Waals surface area (Å²) in [5, 5.41) is 15.4. The van der Waals surface area contributed by atoms with E-state index in [2.05, 4.69) is 25.6 Å².